The summed E-state index contributed by atoms with van der Waals surface area (Å²) in [5.74, 6) is -0.347. The Hall–Kier alpha value is -3.41. The van der Waals surface area contributed by atoms with E-state index in [4.69, 9.17) is 4.74 Å². The van der Waals surface area contributed by atoms with E-state index in [2.05, 4.69) is 5.32 Å². The zero-order chi connectivity index (χ0) is 18.0. The number of benzene rings is 2. The van der Waals surface area contributed by atoms with Gasteiger partial charge in [-0.15, -0.1) is 0 Å². The van der Waals surface area contributed by atoms with Crippen LogP contribution in [0.25, 0.3) is 6.08 Å². The van der Waals surface area contributed by atoms with Gasteiger partial charge in [0.25, 0.3) is 11.8 Å². The molecule has 0 saturated heterocycles. The van der Waals surface area contributed by atoms with Crippen molar-refractivity contribution in [3.8, 4) is 5.75 Å². The summed E-state index contributed by atoms with van der Waals surface area (Å²) in [6.07, 6.45) is 3.05. The van der Waals surface area contributed by atoms with Gasteiger partial charge in [0.05, 0.1) is 18.2 Å². The van der Waals surface area contributed by atoms with E-state index in [0.717, 1.165) is 10.5 Å². The molecule has 6 nitrogen and oxygen atoms in total. The van der Waals surface area contributed by atoms with Gasteiger partial charge in [0.15, 0.2) is 0 Å². The number of nitrogens with zero attached hydrogens (tertiary/aromatic N) is 1. The molecular formula is C19H16N2O4. The standard InChI is InChI=1S/C19H16N2O4/c1-21-18(23)15-8-7-13(11-16(15)19(21)24)20-17(22)9-6-12-4-3-5-14(10-12)25-2/h3-11H,1-2H3,(H,20,22)/b9-6+. The Bertz CT molecular complexity index is 902. The summed E-state index contributed by atoms with van der Waals surface area (Å²) < 4.78 is 5.13. The molecule has 3 amide bonds. The van der Waals surface area contributed by atoms with Crippen LogP contribution in [0.4, 0.5) is 5.69 Å². The van der Waals surface area contributed by atoms with Crippen LogP contribution < -0.4 is 10.1 Å². The molecule has 1 aliphatic heterocycles. The minimum Gasteiger partial charge on any atom is -0.497 e. The largest absolute Gasteiger partial charge is 0.497 e. The van der Waals surface area contributed by atoms with Crippen LogP contribution in [0.3, 0.4) is 0 Å². The topological polar surface area (TPSA) is 75.7 Å². The lowest BCUT2D eigenvalue weighted by Crippen LogP contribution is -2.24. The van der Waals surface area contributed by atoms with Crippen LogP contribution in [0, 0.1) is 0 Å². The number of fused-ring (bicyclic) bond motifs is 1. The van der Waals surface area contributed by atoms with Crippen molar-refractivity contribution in [3.63, 3.8) is 0 Å². The Kier molecular flexibility index (Phi) is 4.35. The fourth-order valence-corrected chi connectivity index (χ4v) is 2.54. The first kappa shape index (κ1) is 16.4. The van der Waals surface area contributed by atoms with Gasteiger partial charge in [-0.2, -0.15) is 0 Å². The molecule has 0 spiro atoms. The van der Waals surface area contributed by atoms with Crippen molar-refractivity contribution in [2.24, 2.45) is 0 Å². The summed E-state index contributed by atoms with van der Waals surface area (Å²) in [6, 6.07) is 12.0. The molecule has 6 heteroatoms. The van der Waals surface area contributed by atoms with Crippen molar-refractivity contribution in [3.05, 3.63) is 65.2 Å². The highest BCUT2D eigenvalue weighted by Gasteiger charge is 2.32. The summed E-state index contributed by atoms with van der Waals surface area (Å²) in [5.41, 5.74) is 1.92. The van der Waals surface area contributed by atoms with Crippen molar-refractivity contribution in [2.45, 2.75) is 0 Å². The highest BCUT2D eigenvalue weighted by molar-refractivity contribution is 6.21. The molecule has 1 aliphatic rings. The highest BCUT2D eigenvalue weighted by atomic mass is 16.5. The number of rotatable bonds is 4. The number of ether oxygens (including phenoxy) is 1. The summed E-state index contributed by atoms with van der Waals surface area (Å²) in [7, 11) is 3.01. The molecule has 2 aromatic carbocycles. The van der Waals surface area contributed by atoms with Crippen molar-refractivity contribution < 1.29 is 19.1 Å². The normalized spacial score (nSPS) is 13.3. The van der Waals surface area contributed by atoms with Gasteiger partial charge < -0.3 is 10.1 Å². The molecule has 0 bridgehead atoms. The third-order valence-corrected chi connectivity index (χ3v) is 3.88. The third-order valence-electron chi connectivity index (χ3n) is 3.88. The van der Waals surface area contributed by atoms with Crippen molar-refractivity contribution in [1.29, 1.82) is 0 Å². The second kappa shape index (κ2) is 6.60. The van der Waals surface area contributed by atoms with Gasteiger partial charge >= 0.3 is 0 Å². The lowest BCUT2D eigenvalue weighted by molar-refractivity contribution is -0.111. The molecule has 126 valence electrons. The first-order valence-corrected chi connectivity index (χ1v) is 7.59. The Morgan fingerprint density at radius 2 is 1.84 bits per heavy atom. The zero-order valence-electron chi connectivity index (χ0n) is 13.8. The Morgan fingerprint density at radius 3 is 2.60 bits per heavy atom. The fourth-order valence-electron chi connectivity index (χ4n) is 2.54. The second-order valence-electron chi connectivity index (χ2n) is 5.53. The molecule has 2 aromatic rings. The predicted molar refractivity (Wildman–Crippen MR) is 93.5 cm³/mol. The van der Waals surface area contributed by atoms with Crippen molar-refractivity contribution in [2.75, 3.05) is 19.5 Å². The van der Waals surface area contributed by atoms with Crippen LogP contribution in [0.1, 0.15) is 26.3 Å². The van der Waals surface area contributed by atoms with Gasteiger partial charge in [0.2, 0.25) is 5.91 Å². The summed E-state index contributed by atoms with van der Waals surface area (Å²) >= 11 is 0. The Morgan fingerprint density at radius 1 is 1.08 bits per heavy atom. The number of anilines is 1. The number of hydrogen-bond acceptors (Lipinski definition) is 4. The van der Waals surface area contributed by atoms with Crippen LogP contribution in [0.2, 0.25) is 0 Å². The summed E-state index contributed by atoms with van der Waals surface area (Å²) in [6.45, 7) is 0. The average molecular weight is 336 g/mol. The fraction of sp³-hybridized carbons (Fsp3) is 0.105. The van der Waals surface area contributed by atoms with Crippen LogP contribution in [0.5, 0.6) is 5.75 Å². The van der Waals surface area contributed by atoms with E-state index in [0.29, 0.717) is 22.6 Å². The maximum absolute atomic E-state index is 12.1. The number of hydrogen-bond donors (Lipinski definition) is 1. The van der Waals surface area contributed by atoms with E-state index in [-0.39, 0.29) is 17.7 Å². The van der Waals surface area contributed by atoms with Gasteiger partial charge in [-0.1, -0.05) is 12.1 Å². The van der Waals surface area contributed by atoms with E-state index in [1.807, 2.05) is 18.2 Å². The van der Waals surface area contributed by atoms with Gasteiger partial charge in [-0.25, -0.2) is 0 Å². The third kappa shape index (κ3) is 3.28. The molecule has 0 aromatic heterocycles. The smallest absolute Gasteiger partial charge is 0.261 e. The molecule has 0 fully saturated rings. The number of imide groups is 1. The van der Waals surface area contributed by atoms with Crippen LogP contribution >= 0.6 is 0 Å². The van der Waals surface area contributed by atoms with Gasteiger partial charge in [-0.05, 0) is 42.0 Å². The van der Waals surface area contributed by atoms with Crippen LogP contribution in [-0.2, 0) is 4.79 Å². The molecule has 25 heavy (non-hydrogen) atoms. The number of carbonyl (C=O) groups is 3. The molecule has 0 atom stereocenters. The maximum atomic E-state index is 12.1. The minimum atomic E-state index is -0.372. The van der Waals surface area contributed by atoms with Crippen molar-refractivity contribution >= 4 is 29.5 Å². The molecule has 3 rings (SSSR count). The lowest BCUT2D eigenvalue weighted by Gasteiger charge is -2.04. The van der Waals surface area contributed by atoms with Gasteiger partial charge in [0.1, 0.15) is 5.75 Å². The van der Waals surface area contributed by atoms with Crippen molar-refractivity contribution in [1.82, 2.24) is 4.90 Å². The highest BCUT2D eigenvalue weighted by Crippen LogP contribution is 2.24. The van der Waals surface area contributed by atoms with Gasteiger partial charge in [0, 0.05) is 18.8 Å². The maximum Gasteiger partial charge on any atom is 0.261 e. The lowest BCUT2D eigenvalue weighted by atomic mass is 10.1. The molecule has 1 heterocycles. The Labute approximate surface area is 144 Å². The average Bonchev–Trinajstić information content (AvgIpc) is 2.84. The zero-order valence-corrected chi connectivity index (χ0v) is 13.8. The SMILES string of the molecule is COc1cccc(/C=C/C(=O)Nc2ccc3c(c2)C(=O)N(C)C3=O)c1. The second-order valence-corrected chi connectivity index (χ2v) is 5.53. The molecule has 0 unspecified atom stereocenters. The van der Waals surface area contributed by atoms with E-state index < -0.39 is 0 Å². The van der Waals surface area contributed by atoms with E-state index in [1.165, 1.54) is 19.2 Å². The summed E-state index contributed by atoms with van der Waals surface area (Å²) in [4.78, 5) is 36.9. The number of methoxy groups -OCH3 is 1. The minimum absolute atomic E-state index is 0.294. The molecule has 1 N–H and O–H groups in total. The number of carbonyl (C=O) groups excluding carboxylic acids is 3. The van der Waals surface area contributed by atoms with Crippen LogP contribution in [0.15, 0.2) is 48.5 Å². The summed E-state index contributed by atoms with van der Waals surface area (Å²) in [5, 5.41) is 2.68. The number of nitrogens with one attached hydrogen (secondary N) is 1. The van der Waals surface area contributed by atoms with Gasteiger partial charge in [-0.3, -0.25) is 19.3 Å². The molecule has 0 radical (unpaired) electrons. The Balaban J connectivity index is 1.73. The molecular weight excluding hydrogens is 320 g/mol. The van der Waals surface area contributed by atoms with Crippen LogP contribution in [-0.4, -0.2) is 36.8 Å². The molecule has 0 aliphatic carbocycles. The predicted octanol–water partition coefficient (Wildman–Crippen LogP) is 2.57. The van der Waals surface area contributed by atoms with E-state index in [9.17, 15) is 14.4 Å². The first-order chi connectivity index (χ1) is 12.0. The first-order valence-electron chi connectivity index (χ1n) is 7.59. The quantitative estimate of drug-likeness (QED) is 0.688. The monoisotopic (exact) mass is 336 g/mol. The van der Waals surface area contributed by atoms with E-state index in [1.54, 1.807) is 31.4 Å². The molecule has 0 saturated carbocycles. The number of amides is 3. The van der Waals surface area contributed by atoms with E-state index >= 15 is 0 Å².